The zero-order valence-corrected chi connectivity index (χ0v) is 23.4. The molecular weight excluding hydrogens is 550 g/mol. The number of ether oxygens (including phenoxy) is 2. The van der Waals surface area contributed by atoms with E-state index in [0.717, 1.165) is 18.4 Å². The molecule has 2 aliphatic heterocycles. The molecule has 1 amide bonds. The number of benzene rings is 3. The number of nitrogens with one attached hydrogen (secondary N) is 1. The van der Waals surface area contributed by atoms with Gasteiger partial charge >= 0.3 is 0 Å². The second-order valence-corrected chi connectivity index (χ2v) is 12.6. The van der Waals surface area contributed by atoms with Gasteiger partial charge in [-0.2, -0.15) is 0 Å². The maximum absolute atomic E-state index is 16.4. The molecule has 0 spiro atoms. The molecule has 7 rings (SSSR count). The number of carbonyl (C=O) groups is 1. The van der Waals surface area contributed by atoms with Gasteiger partial charge < -0.3 is 25.6 Å². The lowest BCUT2D eigenvalue weighted by atomic mass is 9.82. The summed E-state index contributed by atoms with van der Waals surface area (Å²) in [5.41, 5.74) is 5.76. The predicted octanol–water partition coefficient (Wildman–Crippen LogP) is 5.75. The maximum Gasteiger partial charge on any atom is 0.249 e. The van der Waals surface area contributed by atoms with E-state index < -0.39 is 28.7 Å². The van der Waals surface area contributed by atoms with Gasteiger partial charge in [-0.25, -0.2) is 8.78 Å². The number of rotatable bonds is 6. The highest BCUT2D eigenvalue weighted by molar-refractivity contribution is 6.34. The van der Waals surface area contributed by atoms with Gasteiger partial charge in [-0.3, -0.25) is 4.79 Å². The Bertz CT molecular complexity index is 1570. The molecule has 2 aliphatic carbocycles. The standard InChI is InChI=1S/C32H31ClF2N2O4/c1-31(39)9-7-17(8-10-31)37-15-32(16-5-3-2-4-6-16)14-20-23(41-32)13-21(34)28(33)26(20)27-19(30(36)38)12-24-25(29(27)35)18-11-22(18)40-24/h2-6,12-13,17-18,22,37,39H,7-11,14-15H2,1H3,(H2,36,38)/t17?,18?,22?,31?,32-/m1/s1. The van der Waals surface area contributed by atoms with Crippen molar-refractivity contribution >= 4 is 17.5 Å². The zero-order chi connectivity index (χ0) is 28.7. The van der Waals surface area contributed by atoms with Crippen LogP contribution in [-0.4, -0.2) is 35.3 Å². The minimum Gasteiger partial charge on any atom is -0.489 e. The number of halogens is 3. The summed E-state index contributed by atoms with van der Waals surface area (Å²) in [6.07, 6.45) is 3.83. The Hall–Kier alpha value is -3.20. The van der Waals surface area contributed by atoms with Crippen LogP contribution in [0.15, 0.2) is 42.5 Å². The number of nitrogens with two attached hydrogens (primary N) is 1. The van der Waals surface area contributed by atoms with E-state index in [9.17, 15) is 9.90 Å². The summed E-state index contributed by atoms with van der Waals surface area (Å²) in [5.74, 6) is -1.84. The van der Waals surface area contributed by atoms with Crippen molar-refractivity contribution in [3.63, 3.8) is 0 Å². The summed E-state index contributed by atoms with van der Waals surface area (Å²) in [7, 11) is 0. The van der Waals surface area contributed by atoms with E-state index in [1.807, 2.05) is 37.3 Å². The van der Waals surface area contributed by atoms with Gasteiger partial charge in [0, 0.05) is 53.2 Å². The lowest BCUT2D eigenvalue weighted by Crippen LogP contribution is -2.48. The van der Waals surface area contributed by atoms with Crippen molar-refractivity contribution in [2.45, 2.75) is 74.7 Å². The van der Waals surface area contributed by atoms with Crippen molar-refractivity contribution in [1.29, 1.82) is 0 Å². The lowest BCUT2D eigenvalue weighted by molar-refractivity contribution is 0.0104. The highest BCUT2D eigenvalue weighted by atomic mass is 35.5. The van der Waals surface area contributed by atoms with Crippen LogP contribution in [0.2, 0.25) is 5.02 Å². The fourth-order valence-corrected chi connectivity index (χ4v) is 7.11. The first-order valence-electron chi connectivity index (χ1n) is 14.1. The van der Waals surface area contributed by atoms with Gasteiger partial charge in [0.15, 0.2) is 5.60 Å². The summed E-state index contributed by atoms with van der Waals surface area (Å²) in [4.78, 5) is 12.6. The molecule has 3 aromatic carbocycles. The van der Waals surface area contributed by atoms with E-state index in [1.54, 1.807) is 0 Å². The molecule has 0 saturated heterocycles. The highest BCUT2D eigenvalue weighted by Gasteiger charge is 2.51. The fourth-order valence-electron chi connectivity index (χ4n) is 6.85. The van der Waals surface area contributed by atoms with Gasteiger partial charge in [-0.15, -0.1) is 0 Å². The molecular formula is C32H31ClF2N2O4. The van der Waals surface area contributed by atoms with Crippen LogP contribution in [0.25, 0.3) is 11.1 Å². The van der Waals surface area contributed by atoms with E-state index in [4.69, 9.17) is 26.8 Å². The Morgan fingerprint density at radius 1 is 1.15 bits per heavy atom. The summed E-state index contributed by atoms with van der Waals surface area (Å²) in [6, 6.07) is 12.5. The molecule has 6 nitrogen and oxygen atoms in total. The maximum atomic E-state index is 16.4. The van der Waals surface area contributed by atoms with Crippen molar-refractivity contribution < 1.29 is 28.2 Å². The van der Waals surface area contributed by atoms with Crippen LogP contribution in [0.4, 0.5) is 8.78 Å². The average Bonchev–Trinajstić information content (AvgIpc) is 3.44. The van der Waals surface area contributed by atoms with Crippen molar-refractivity contribution in [3.8, 4) is 22.6 Å². The lowest BCUT2D eigenvalue weighted by Gasteiger charge is -2.36. The summed E-state index contributed by atoms with van der Waals surface area (Å²) < 4.78 is 44.2. The normalized spacial score (nSPS) is 29.2. The molecule has 2 fully saturated rings. The first-order valence-corrected chi connectivity index (χ1v) is 14.5. The number of amides is 1. The Morgan fingerprint density at radius 3 is 2.59 bits per heavy atom. The van der Waals surface area contributed by atoms with E-state index in [2.05, 4.69) is 5.32 Å². The van der Waals surface area contributed by atoms with Crippen LogP contribution in [0.3, 0.4) is 0 Å². The van der Waals surface area contributed by atoms with Gasteiger partial charge in [0.1, 0.15) is 29.2 Å². The Kier molecular flexibility index (Phi) is 6.12. The van der Waals surface area contributed by atoms with Gasteiger partial charge in [0.2, 0.25) is 5.91 Å². The molecule has 0 bridgehead atoms. The third kappa shape index (κ3) is 4.39. The fraction of sp³-hybridized carbons (Fsp3) is 0.406. The molecule has 2 heterocycles. The smallest absolute Gasteiger partial charge is 0.249 e. The monoisotopic (exact) mass is 580 g/mol. The van der Waals surface area contributed by atoms with E-state index in [1.165, 1.54) is 12.1 Å². The summed E-state index contributed by atoms with van der Waals surface area (Å²) in [6.45, 7) is 2.25. The molecule has 41 heavy (non-hydrogen) atoms. The second kappa shape index (κ2) is 9.41. The van der Waals surface area contributed by atoms with Gasteiger partial charge in [0.25, 0.3) is 0 Å². The van der Waals surface area contributed by atoms with Crippen molar-refractivity contribution in [3.05, 3.63) is 81.4 Å². The largest absolute Gasteiger partial charge is 0.489 e. The molecule has 214 valence electrons. The van der Waals surface area contributed by atoms with Gasteiger partial charge in [0.05, 0.1) is 16.2 Å². The molecule has 0 radical (unpaired) electrons. The third-order valence-corrected chi connectivity index (χ3v) is 9.62. The van der Waals surface area contributed by atoms with Gasteiger partial charge in [-0.1, -0.05) is 41.9 Å². The number of primary amides is 1. The number of fused-ring (bicyclic) bond motifs is 4. The van der Waals surface area contributed by atoms with Crippen molar-refractivity contribution in [2.75, 3.05) is 6.54 Å². The van der Waals surface area contributed by atoms with Crippen LogP contribution < -0.4 is 20.5 Å². The van der Waals surface area contributed by atoms with E-state index in [-0.39, 0.29) is 51.9 Å². The first kappa shape index (κ1) is 26.7. The van der Waals surface area contributed by atoms with Crippen LogP contribution >= 0.6 is 11.6 Å². The Labute approximate surface area is 241 Å². The third-order valence-electron chi connectivity index (χ3n) is 9.26. The topological polar surface area (TPSA) is 93.8 Å². The molecule has 9 heteroatoms. The average molecular weight is 581 g/mol. The van der Waals surface area contributed by atoms with Crippen molar-refractivity contribution in [2.24, 2.45) is 5.73 Å². The molecule has 3 aromatic rings. The van der Waals surface area contributed by atoms with Crippen molar-refractivity contribution in [1.82, 2.24) is 5.32 Å². The number of hydrogen-bond donors (Lipinski definition) is 3. The zero-order valence-electron chi connectivity index (χ0n) is 22.6. The quantitative estimate of drug-likeness (QED) is 0.345. The molecule has 2 unspecified atom stereocenters. The molecule has 0 aromatic heterocycles. The molecule has 2 saturated carbocycles. The van der Waals surface area contributed by atoms with Crippen LogP contribution in [0.5, 0.6) is 11.5 Å². The number of hydrogen-bond acceptors (Lipinski definition) is 5. The van der Waals surface area contributed by atoms with Gasteiger partial charge in [-0.05, 0) is 50.7 Å². The highest BCUT2D eigenvalue weighted by Crippen LogP contribution is 2.58. The molecule has 3 atom stereocenters. The Morgan fingerprint density at radius 2 is 1.88 bits per heavy atom. The number of aliphatic hydroxyl groups is 1. The minimum atomic E-state index is -0.944. The summed E-state index contributed by atoms with van der Waals surface area (Å²) >= 11 is 6.60. The first-order chi connectivity index (χ1) is 19.6. The minimum absolute atomic E-state index is 0.0892. The van der Waals surface area contributed by atoms with Crippen LogP contribution in [0.1, 0.15) is 72.0 Å². The predicted molar refractivity (Wildman–Crippen MR) is 150 cm³/mol. The molecule has 4 N–H and O–H groups in total. The van der Waals surface area contributed by atoms with Crippen LogP contribution in [-0.2, 0) is 12.0 Å². The molecule has 4 aliphatic rings. The summed E-state index contributed by atoms with van der Waals surface area (Å²) in [5, 5.41) is 13.7. The van der Waals surface area contributed by atoms with Crippen LogP contribution in [0, 0.1) is 11.6 Å². The number of carbonyl (C=O) groups excluding carboxylic acids is 1. The van der Waals surface area contributed by atoms with E-state index >= 15 is 8.78 Å². The second-order valence-electron chi connectivity index (χ2n) is 12.2. The Balaban J connectivity index is 1.33. The SMILES string of the molecule is CC1(O)CCC(NC[C@@]2(c3ccccc3)Cc3c(cc(F)c(Cl)c3-c3c(C(N)=O)cc4c(c3F)C3CC3O4)O2)CC1. The van der Waals surface area contributed by atoms with E-state index in [0.29, 0.717) is 42.7 Å².